The highest BCUT2D eigenvalue weighted by Gasteiger charge is 2.38. The predicted molar refractivity (Wildman–Crippen MR) is 137 cm³/mol. The molecule has 4 rings (SSSR count). The van der Waals surface area contributed by atoms with Crippen molar-refractivity contribution in [2.24, 2.45) is 5.92 Å². The zero-order valence-electron chi connectivity index (χ0n) is 20.9. The highest BCUT2D eigenvalue weighted by atomic mass is 32.2. The van der Waals surface area contributed by atoms with E-state index in [4.69, 9.17) is 4.74 Å². The summed E-state index contributed by atoms with van der Waals surface area (Å²) in [6.45, 7) is 3.35. The molecule has 37 heavy (non-hydrogen) atoms. The van der Waals surface area contributed by atoms with Crippen molar-refractivity contribution in [1.82, 2.24) is 14.2 Å². The van der Waals surface area contributed by atoms with E-state index in [1.54, 1.807) is 44.6 Å². The average molecular weight is 528 g/mol. The van der Waals surface area contributed by atoms with Crippen molar-refractivity contribution in [2.75, 3.05) is 26.7 Å². The van der Waals surface area contributed by atoms with Crippen LogP contribution in [0.5, 0.6) is 5.75 Å². The number of carbonyl (C=O) groups excluding carboxylic acids is 1. The van der Waals surface area contributed by atoms with Crippen molar-refractivity contribution in [1.29, 1.82) is 0 Å². The van der Waals surface area contributed by atoms with E-state index in [1.165, 1.54) is 39.5 Å². The molecule has 3 atom stereocenters. The van der Waals surface area contributed by atoms with Crippen LogP contribution in [-0.2, 0) is 10.0 Å². The lowest BCUT2D eigenvalue weighted by Crippen LogP contribution is -2.50. The van der Waals surface area contributed by atoms with Crippen LogP contribution in [-0.4, -0.2) is 72.5 Å². The van der Waals surface area contributed by atoms with Crippen molar-refractivity contribution in [3.05, 3.63) is 78.4 Å². The third-order valence-electron chi connectivity index (χ3n) is 6.53. The molecule has 0 aliphatic carbocycles. The Hall–Kier alpha value is -3.34. The number of fused-ring (bicyclic) bond motifs is 1. The first-order valence-corrected chi connectivity index (χ1v) is 13.4. The largest absolute Gasteiger partial charge is 0.487 e. The molecule has 3 aromatic rings. The van der Waals surface area contributed by atoms with Gasteiger partial charge in [-0.1, -0.05) is 25.1 Å². The molecular formula is C27H30FN3O5S. The number of likely N-dealkylation sites (N-methyl/N-ethyl adjacent to an activating group) is 1. The van der Waals surface area contributed by atoms with E-state index in [0.29, 0.717) is 0 Å². The van der Waals surface area contributed by atoms with Gasteiger partial charge in [0, 0.05) is 49.1 Å². The van der Waals surface area contributed by atoms with E-state index in [0.717, 1.165) is 11.1 Å². The Morgan fingerprint density at radius 2 is 2.00 bits per heavy atom. The second kappa shape index (κ2) is 11.0. The zero-order valence-corrected chi connectivity index (χ0v) is 21.7. The second-order valence-corrected chi connectivity index (χ2v) is 11.2. The summed E-state index contributed by atoms with van der Waals surface area (Å²) < 4.78 is 48.6. The Morgan fingerprint density at radius 3 is 2.68 bits per heavy atom. The first kappa shape index (κ1) is 26.7. The summed E-state index contributed by atoms with van der Waals surface area (Å²) in [6, 6.07) is 13.3. The number of rotatable bonds is 6. The van der Waals surface area contributed by atoms with Crippen molar-refractivity contribution < 1.29 is 27.4 Å². The lowest BCUT2D eigenvalue weighted by Gasteiger charge is -2.37. The summed E-state index contributed by atoms with van der Waals surface area (Å²) >= 11 is 0. The van der Waals surface area contributed by atoms with Crippen LogP contribution < -0.4 is 4.74 Å². The average Bonchev–Trinajstić information content (AvgIpc) is 2.90. The molecule has 1 aliphatic heterocycles. The second-order valence-electron chi connectivity index (χ2n) is 9.34. The van der Waals surface area contributed by atoms with Crippen LogP contribution in [0.1, 0.15) is 24.2 Å². The first-order valence-electron chi connectivity index (χ1n) is 12.0. The number of sulfonamides is 1. The minimum absolute atomic E-state index is 0.0172. The van der Waals surface area contributed by atoms with Crippen molar-refractivity contribution >= 4 is 15.9 Å². The molecule has 2 heterocycles. The molecule has 0 bridgehead atoms. The van der Waals surface area contributed by atoms with Gasteiger partial charge in [0.1, 0.15) is 22.6 Å². The van der Waals surface area contributed by atoms with Gasteiger partial charge in [-0.05, 0) is 48.9 Å². The van der Waals surface area contributed by atoms with Gasteiger partial charge in [0.15, 0.2) is 0 Å². The van der Waals surface area contributed by atoms with E-state index in [2.05, 4.69) is 4.98 Å². The molecule has 0 fully saturated rings. The van der Waals surface area contributed by atoms with Gasteiger partial charge in [-0.2, -0.15) is 4.31 Å². The minimum atomic E-state index is -3.99. The number of nitrogens with zero attached hydrogens (tertiary/aromatic N) is 3. The lowest BCUT2D eigenvalue weighted by atomic mass is 10.0. The molecule has 0 spiro atoms. The van der Waals surface area contributed by atoms with Gasteiger partial charge in [0.25, 0.3) is 5.91 Å². The lowest BCUT2D eigenvalue weighted by molar-refractivity contribution is 0.0563. The fraction of sp³-hybridized carbons (Fsp3) is 0.333. The Balaban J connectivity index is 1.74. The van der Waals surface area contributed by atoms with Crippen LogP contribution in [0.25, 0.3) is 11.1 Å². The molecular weight excluding hydrogens is 497 g/mol. The number of halogens is 1. The fourth-order valence-corrected chi connectivity index (χ4v) is 6.18. The molecule has 1 amide bonds. The third kappa shape index (κ3) is 5.66. The van der Waals surface area contributed by atoms with Crippen LogP contribution in [0.3, 0.4) is 0 Å². The van der Waals surface area contributed by atoms with Crippen LogP contribution >= 0.6 is 0 Å². The normalized spacial score (nSPS) is 20.1. The van der Waals surface area contributed by atoms with Gasteiger partial charge in [-0.3, -0.25) is 9.78 Å². The summed E-state index contributed by atoms with van der Waals surface area (Å²) in [5.41, 5.74) is 1.72. The first-order chi connectivity index (χ1) is 17.6. The predicted octanol–water partition coefficient (Wildman–Crippen LogP) is 3.43. The van der Waals surface area contributed by atoms with E-state index >= 15 is 0 Å². The standard InChI is InChI=1S/C27H30FN3O5S/c1-18-15-31(19(2)17-32)37(34,35)26-10-9-20(22-7-5-11-29-14-22)13-24(26)36-25(18)16-30(3)27(33)21-6-4-8-23(28)12-21/h4-14,18-19,25,32H,15-17H2,1-3H3/t18-,19+,25-/m0/s1. The SMILES string of the molecule is C[C@H](CO)N1C[C@H](C)[C@H](CN(C)C(=O)c2cccc(F)c2)Oc2cc(-c3cccnc3)ccc2S1(=O)=O. The fourth-order valence-electron chi connectivity index (χ4n) is 4.35. The molecule has 0 radical (unpaired) electrons. The molecule has 8 nitrogen and oxygen atoms in total. The zero-order chi connectivity index (χ0) is 26.7. The Bertz CT molecular complexity index is 1370. The maximum atomic E-state index is 13.7. The molecule has 196 valence electrons. The van der Waals surface area contributed by atoms with Crippen LogP contribution in [0, 0.1) is 11.7 Å². The maximum Gasteiger partial charge on any atom is 0.253 e. The number of aliphatic hydroxyl groups is 1. The number of hydrogen-bond acceptors (Lipinski definition) is 6. The molecule has 2 aromatic carbocycles. The van der Waals surface area contributed by atoms with Crippen molar-refractivity contribution in [2.45, 2.75) is 30.9 Å². The quantitative estimate of drug-likeness (QED) is 0.527. The van der Waals surface area contributed by atoms with Gasteiger partial charge < -0.3 is 14.7 Å². The number of hydrogen-bond donors (Lipinski definition) is 1. The monoisotopic (exact) mass is 527 g/mol. The summed E-state index contributed by atoms with van der Waals surface area (Å²) in [6.07, 6.45) is 2.73. The van der Waals surface area contributed by atoms with Crippen molar-refractivity contribution in [3.8, 4) is 16.9 Å². The number of carbonyl (C=O) groups is 1. The Kier molecular flexibility index (Phi) is 7.91. The number of pyridine rings is 1. The molecule has 10 heteroatoms. The number of amides is 1. The maximum absolute atomic E-state index is 13.7. The molecule has 1 aliphatic rings. The molecule has 0 saturated heterocycles. The van der Waals surface area contributed by atoms with E-state index < -0.39 is 28.0 Å². The van der Waals surface area contributed by atoms with Crippen molar-refractivity contribution in [3.63, 3.8) is 0 Å². The molecule has 1 N–H and O–H groups in total. The van der Waals surface area contributed by atoms with E-state index in [1.807, 2.05) is 13.0 Å². The Labute approximate surface area is 216 Å². The van der Waals surface area contributed by atoms with Gasteiger partial charge in [-0.15, -0.1) is 0 Å². The van der Waals surface area contributed by atoms with Crippen LogP contribution in [0.15, 0.2) is 71.9 Å². The number of aromatic nitrogens is 1. The third-order valence-corrected chi connectivity index (χ3v) is 8.55. The van der Waals surface area contributed by atoms with E-state index in [-0.39, 0.29) is 47.7 Å². The van der Waals surface area contributed by atoms with Gasteiger partial charge in [-0.25, -0.2) is 12.8 Å². The number of aliphatic hydroxyl groups excluding tert-OH is 1. The summed E-state index contributed by atoms with van der Waals surface area (Å²) in [4.78, 5) is 18.6. The summed E-state index contributed by atoms with van der Waals surface area (Å²) in [5, 5.41) is 9.81. The Morgan fingerprint density at radius 1 is 1.22 bits per heavy atom. The topological polar surface area (TPSA) is 100 Å². The number of ether oxygens (including phenoxy) is 1. The van der Waals surface area contributed by atoms with E-state index in [9.17, 15) is 22.7 Å². The van der Waals surface area contributed by atoms with Gasteiger partial charge >= 0.3 is 0 Å². The molecule has 1 aromatic heterocycles. The highest BCUT2D eigenvalue weighted by molar-refractivity contribution is 7.89. The number of benzene rings is 2. The minimum Gasteiger partial charge on any atom is -0.487 e. The summed E-state index contributed by atoms with van der Waals surface area (Å²) in [7, 11) is -2.39. The van der Waals surface area contributed by atoms with Crippen LogP contribution in [0.2, 0.25) is 0 Å². The molecule has 0 unspecified atom stereocenters. The molecule has 0 saturated carbocycles. The smallest absolute Gasteiger partial charge is 0.253 e. The highest BCUT2D eigenvalue weighted by Crippen LogP contribution is 2.36. The summed E-state index contributed by atoms with van der Waals surface area (Å²) in [5.74, 6) is -1.08. The van der Waals surface area contributed by atoms with Gasteiger partial charge in [0.2, 0.25) is 10.0 Å². The van der Waals surface area contributed by atoms with Crippen LogP contribution in [0.4, 0.5) is 4.39 Å². The van der Waals surface area contributed by atoms with Gasteiger partial charge in [0.05, 0.1) is 13.2 Å².